The Morgan fingerprint density at radius 2 is 1.97 bits per heavy atom. The number of thiophene rings is 1. The van der Waals surface area contributed by atoms with Crippen LogP contribution in [0.3, 0.4) is 0 Å². The molecular weight excluding hydrogens is 468 g/mol. The first-order chi connectivity index (χ1) is 16.7. The molecule has 1 aromatic carbocycles. The summed E-state index contributed by atoms with van der Waals surface area (Å²) in [6.45, 7) is 2.09. The number of carbonyl (C=O) groups is 1. The van der Waals surface area contributed by atoms with Gasteiger partial charge in [0.05, 0.1) is 30.4 Å². The van der Waals surface area contributed by atoms with Crippen LogP contribution in [0.25, 0.3) is 10.2 Å². The van der Waals surface area contributed by atoms with Crippen LogP contribution in [0, 0.1) is 0 Å². The van der Waals surface area contributed by atoms with Crippen LogP contribution in [0.15, 0.2) is 23.4 Å². The summed E-state index contributed by atoms with van der Waals surface area (Å²) in [5.41, 5.74) is 8.79. The molecule has 0 saturated carbocycles. The maximum atomic E-state index is 13.2. The van der Waals surface area contributed by atoms with Crippen LogP contribution in [0.4, 0.5) is 5.82 Å². The molecule has 1 atom stereocenters. The number of ether oxygens (including phenoxy) is 2. The van der Waals surface area contributed by atoms with E-state index in [0.717, 1.165) is 65.9 Å². The molecule has 0 bridgehead atoms. The van der Waals surface area contributed by atoms with Crippen molar-refractivity contribution < 1.29 is 14.3 Å². The highest BCUT2D eigenvalue weighted by atomic mass is 32.2. The fraction of sp³-hybridized carbons (Fsp3) is 0.480. The first kappa shape index (κ1) is 22.0. The Bertz CT molecular complexity index is 1240. The third-order valence-corrected chi connectivity index (χ3v) is 8.89. The summed E-state index contributed by atoms with van der Waals surface area (Å²) in [4.78, 5) is 26.9. The molecule has 3 aliphatic rings. The van der Waals surface area contributed by atoms with E-state index in [1.807, 2.05) is 17.0 Å². The normalized spacial score (nSPS) is 19.8. The SMILES string of the molecule is Nc1nc(SCC(=O)N2CCC[C@H]2c2ccc3c(c2)OCCCO3)nc2sc3c(c12)CCCC3. The largest absolute Gasteiger partial charge is 0.490 e. The number of amides is 1. The smallest absolute Gasteiger partial charge is 0.233 e. The van der Waals surface area contributed by atoms with E-state index in [4.69, 9.17) is 20.2 Å². The average Bonchev–Trinajstić information content (AvgIpc) is 3.41. The summed E-state index contributed by atoms with van der Waals surface area (Å²) in [5.74, 6) is 2.52. The highest BCUT2D eigenvalue weighted by molar-refractivity contribution is 7.99. The van der Waals surface area contributed by atoms with Crippen molar-refractivity contribution in [2.45, 2.75) is 56.1 Å². The molecule has 4 heterocycles. The lowest BCUT2D eigenvalue weighted by atomic mass is 9.97. The number of likely N-dealkylation sites (tertiary alicyclic amines) is 1. The molecule has 1 amide bonds. The number of aryl methyl sites for hydroxylation is 2. The van der Waals surface area contributed by atoms with Crippen molar-refractivity contribution in [2.24, 2.45) is 0 Å². The number of hydrogen-bond acceptors (Lipinski definition) is 8. The third kappa shape index (κ3) is 4.09. The number of anilines is 1. The van der Waals surface area contributed by atoms with E-state index in [1.54, 1.807) is 11.3 Å². The van der Waals surface area contributed by atoms with E-state index in [-0.39, 0.29) is 11.9 Å². The lowest BCUT2D eigenvalue weighted by Gasteiger charge is -2.25. The molecule has 3 aromatic rings. The first-order valence-corrected chi connectivity index (χ1v) is 13.9. The molecule has 6 rings (SSSR count). The molecule has 34 heavy (non-hydrogen) atoms. The van der Waals surface area contributed by atoms with Gasteiger partial charge in [0.15, 0.2) is 16.7 Å². The molecule has 178 valence electrons. The predicted molar refractivity (Wildman–Crippen MR) is 135 cm³/mol. The molecule has 7 nitrogen and oxygen atoms in total. The Hall–Kier alpha value is -2.52. The standard InChI is InChI=1S/C25H28N4O3S2/c26-23-22-16-5-1-2-7-20(16)34-24(22)28-25(27-23)33-14-21(30)29-10-3-6-17(29)15-8-9-18-19(13-15)32-12-4-11-31-18/h8-9,13,17H,1-7,10-12,14H2,(H2,26,27,28)/t17-/m0/s1. The van der Waals surface area contributed by atoms with Crippen LogP contribution in [0.5, 0.6) is 11.5 Å². The summed E-state index contributed by atoms with van der Waals surface area (Å²) < 4.78 is 11.6. The van der Waals surface area contributed by atoms with Gasteiger partial charge in [-0.1, -0.05) is 17.8 Å². The minimum Gasteiger partial charge on any atom is -0.490 e. The van der Waals surface area contributed by atoms with Gasteiger partial charge in [-0.2, -0.15) is 0 Å². The van der Waals surface area contributed by atoms with Crippen LogP contribution in [0.2, 0.25) is 0 Å². The van der Waals surface area contributed by atoms with Crippen LogP contribution < -0.4 is 15.2 Å². The van der Waals surface area contributed by atoms with Gasteiger partial charge in [0.2, 0.25) is 5.91 Å². The van der Waals surface area contributed by atoms with Gasteiger partial charge >= 0.3 is 0 Å². The Labute approximate surface area is 207 Å². The molecular formula is C25H28N4O3S2. The van der Waals surface area contributed by atoms with E-state index < -0.39 is 0 Å². The number of nitrogens with zero attached hydrogens (tertiary/aromatic N) is 3. The highest BCUT2D eigenvalue weighted by Gasteiger charge is 2.31. The zero-order valence-electron chi connectivity index (χ0n) is 19.0. The molecule has 0 unspecified atom stereocenters. The summed E-state index contributed by atoms with van der Waals surface area (Å²) in [6.07, 6.45) is 7.41. The number of aromatic nitrogens is 2. The van der Waals surface area contributed by atoms with E-state index in [1.165, 1.54) is 35.0 Å². The lowest BCUT2D eigenvalue weighted by molar-refractivity contribution is -0.129. The van der Waals surface area contributed by atoms with Crippen molar-refractivity contribution >= 4 is 45.0 Å². The van der Waals surface area contributed by atoms with Gasteiger partial charge < -0.3 is 20.1 Å². The second-order valence-electron chi connectivity index (χ2n) is 9.07. The minimum absolute atomic E-state index is 0.0581. The number of carbonyl (C=O) groups excluding carboxylic acids is 1. The highest BCUT2D eigenvalue weighted by Crippen LogP contribution is 2.40. The third-order valence-electron chi connectivity index (χ3n) is 6.88. The minimum atomic E-state index is 0.0581. The van der Waals surface area contributed by atoms with Crippen molar-refractivity contribution in [2.75, 3.05) is 31.2 Å². The molecule has 1 fully saturated rings. The number of nitrogens with two attached hydrogens (primary N) is 1. The number of rotatable bonds is 4. The number of hydrogen-bond donors (Lipinski definition) is 1. The van der Waals surface area contributed by atoms with Crippen molar-refractivity contribution in [1.29, 1.82) is 0 Å². The van der Waals surface area contributed by atoms with Gasteiger partial charge in [-0.25, -0.2) is 9.97 Å². The maximum Gasteiger partial charge on any atom is 0.233 e. The van der Waals surface area contributed by atoms with Gasteiger partial charge in [-0.3, -0.25) is 4.79 Å². The average molecular weight is 497 g/mol. The zero-order valence-corrected chi connectivity index (χ0v) is 20.7. The fourth-order valence-corrected chi connectivity index (χ4v) is 7.30. The lowest BCUT2D eigenvalue weighted by Crippen LogP contribution is -2.32. The van der Waals surface area contributed by atoms with Crippen LogP contribution in [0.1, 0.15) is 54.1 Å². The first-order valence-electron chi connectivity index (χ1n) is 12.1. The van der Waals surface area contributed by atoms with E-state index in [2.05, 4.69) is 11.1 Å². The van der Waals surface area contributed by atoms with Gasteiger partial charge in [0, 0.05) is 17.8 Å². The van der Waals surface area contributed by atoms with Crippen molar-refractivity contribution in [1.82, 2.24) is 14.9 Å². The Kier molecular flexibility index (Phi) is 5.99. The van der Waals surface area contributed by atoms with Crippen molar-refractivity contribution in [3.63, 3.8) is 0 Å². The monoisotopic (exact) mass is 496 g/mol. The number of thioether (sulfide) groups is 1. The molecule has 0 spiro atoms. The molecule has 2 aromatic heterocycles. The number of nitrogen functional groups attached to an aromatic ring is 1. The van der Waals surface area contributed by atoms with E-state index in [0.29, 0.717) is 29.9 Å². The molecule has 9 heteroatoms. The second-order valence-corrected chi connectivity index (χ2v) is 11.1. The molecule has 1 saturated heterocycles. The summed E-state index contributed by atoms with van der Waals surface area (Å²) >= 11 is 3.12. The second kappa shape index (κ2) is 9.26. The fourth-order valence-electron chi connectivity index (χ4n) is 5.24. The van der Waals surface area contributed by atoms with Gasteiger partial charge in [0.25, 0.3) is 0 Å². The molecule has 1 aliphatic carbocycles. The van der Waals surface area contributed by atoms with E-state index in [9.17, 15) is 4.79 Å². The van der Waals surface area contributed by atoms with Gasteiger partial charge in [0.1, 0.15) is 10.6 Å². The molecule has 2 aliphatic heterocycles. The summed E-state index contributed by atoms with van der Waals surface area (Å²) in [7, 11) is 0. The van der Waals surface area contributed by atoms with Crippen molar-refractivity contribution in [3.05, 3.63) is 34.2 Å². The number of fused-ring (bicyclic) bond motifs is 4. The maximum absolute atomic E-state index is 13.2. The zero-order chi connectivity index (χ0) is 23.1. The van der Waals surface area contributed by atoms with Crippen LogP contribution >= 0.6 is 23.1 Å². The Morgan fingerprint density at radius 1 is 1.12 bits per heavy atom. The van der Waals surface area contributed by atoms with Gasteiger partial charge in [-0.05, 0) is 61.8 Å². The molecule has 0 radical (unpaired) electrons. The Balaban J connectivity index is 1.17. The van der Waals surface area contributed by atoms with Crippen molar-refractivity contribution in [3.8, 4) is 11.5 Å². The van der Waals surface area contributed by atoms with Gasteiger partial charge in [-0.15, -0.1) is 11.3 Å². The van der Waals surface area contributed by atoms with E-state index >= 15 is 0 Å². The predicted octanol–water partition coefficient (Wildman–Crippen LogP) is 4.77. The summed E-state index contributed by atoms with van der Waals surface area (Å²) in [5, 5.41) is 1.62. The van der Waals surface area contributed by atoms with Crippen LogP contribution in [-0.2, 0) is 17.6 Å². The molecule has 2 N–H and O–H groups in total. The Morgan fingerprint density at radius 3 is 2.88 bits per heavy atom. The number of benzene rings is 1. The van der Waals surface area contributed by atoms with Crippen LogP contribution in [-0.4, -0.2) is 46.3 Å². The summed E-state index contributed by atoms with van der Waals surface area (Å²) in [6, 6.07) is 6.13. The topological polar surface area (TPSA) is 90.6 Å². The quantitative estimate of drug-likeness (QED) is 0.411.